The highest BCUT2D eigenvalue weighted by molar-refractivity contribution is 6.69. The molecule has 0 aliphatic rings. The molecule has 0 amide bonds. The second kappa shape index (κ2) is 34.8. The van der Waals surface area contributed by atoms with Crippen molar-refractivity contribution in [1.29, 1.82) is 0 Å². The molecule has 0 bridgehead atoms. The molecule has 2 aromatic carbocycles. The van der Waals surface area contributed by atoms with E-state index < -0.39 is 26.0 Å². The van der Waals surface area contributed by atoms with Crippen molar-refractivity contribution in [3.05, 3.63) is 59.7 Å². The number of nitrogens with one attached hydrogen (secondary N) is 1. The van der Waals surface area contributed by atoms with E-state index in [1.54, 1.807) is 18.2 Å². The minimum atomic E-state index is -4.48. The molecule has 0 saturated carbocycles. The summed E-state index contributed by atoms with van der Waals surface area (Å²) in [7, 11) is -1.47. The number of rotatable bonds is 40. The molecule has 19 heteroatoms. The molecule has 0 fully saturated rings. The summed E-state index contributed by atoms with van der Waals surface area (Å²) in [4.78, 5) is 12.6. The van der Waals surface area contributed by atoms with Crippen molar-refractivity contribution in [2.24, 2.45) is 0 Å². The number of benzene rings is 2. The Kier molecular flexibility index (Phi) is 30.9. The molecule has 0 aliphatic carbocycles. The van der Waals surface area contributed by atoms with Gasteiger partial charge in [-0.15, -0.1) is 0 Å². The molecule has 0 heterocycles. The Hall–Kier alpha value is -2.76. The number of alkyl halides is 3. The molecule has 0 aliphatic heterocycles. The van der Waals surface area contributed by atoms with Gasteiger partial charge in [0.05, 0.1) is 169 Å². The van der Waals surface area contributed by atoms with Crippen LogP contribution in [0.2, 0.25) is 19.6 Å². The Balaban J connectivity index is 1.25. The van der Waals surface area contributed by atoms with Crippen LogP contribution in [-0.4, -0.2) is 173 Å². The summed E-state index contributed by atoms with van der Waals surface area (Å²) >= 11 is 0. The largest absolute Gasteiger partial charge is 0.460 e. The fraction of sp³-hybridized carbons (Fsp3) is 0.683. The molecule has 0 aromatic heterocycles. The maximum absolute atomic E-state index is 13.1. The number of anilines is 2. The second-order valence-electron chi connectivity index (χ2n) is 13.6. The van der Waals surface area contributed by atoms with Crippen molar-refractivity contribution in [2.45, 2.75) is 25.8 Å². The van der Waals surface area contributed by atoms with Gasteiger partial charge < -0.3 is 66.6 Å². The Morgan fingerprint density at radius 3 is 1.20 bits per heavy atom. The Morgan fingerprint density at radius 2 is 0.833 bits per heavy atom. The molecular weight excluding hydrogens is 816 g/mol. The van der Waals surface area contributed by atoms with Gasteiger partial charge >= 0.3 is 12.1 Å². The third kappa shape index (κ3) is 30.3. The lowest BCUT2D eigenvalue weighted by Crippen LogP contribution is -2.27. The summed E-state index contributed by atoms with van der Waals surface area (Å²) in [5.41, 5.74) is -0.0960. The van der Waals surface area contributed by atoms with Gasteiger partial charge in [-0.1, -0.05) is 18.2 Å². The van der Waals surface area contributed by atoms with Crippen LogP contribution < -0.4 is 5.32 Å². The fourth-order valence-electron chi connectivity index (χ4n) is 4.68. The number of carbonyl (C=O) groups is 1. The van der Waals surface area contributed by atoms with Crippen molar-refractivity contribution < 1.29 is 79.2 Å². The van der Waals surface area contributed by atoms with E-state index >= 15 is 0 Å². The molecule has 0 spiro atoms. The zero-order valence-corrected chi connectivity index (χ0v) is 36.4. The van der Waals surface area contributed by atoms with Gasteiger partial charge in [0.25, 0.3) is 0 Å². The minimum Gasteiger partial charge on any atom is -0.460 e. The van der Waals surface area contributed by atoms with Crippen LogP contribution in [0.15, 0.2) is 48.5 Å². The number of halogens is 3. The monoisotopic (exact) mass is 881 g/mol. The molecule has 0 atom stereocenters. The average Bonchev–Trinajstić information content (AvgIpc) is 3.21. The van der Waals surface area contributed by atoms with Gasteiger partial charge in [0, 0.05) is 5.69 Å². The predicted molar refractivity (Wildman–Crippen MR) is 220 cm³/mol. The maximum Gasteiger partial charge on any atom is 0.416 e. The average molecular weight is 882 g/mol. The molecule has 60 heavy (non-hydrogen) atoms. The maximum atomic E-state index is 13.1. The number of hydrogen-bond donors (Lipinski definition) is 1. The van der Waals surface area contributed by atoms with E-state index in [0.29, 0.717) is 151 Å². The third-order valence-electron chi connectivity index (χ3n) is 7.56. The first-order chi connectivity index (χ1) is 29.1. The lowest BCUT2D eigenvalue weighted by atomic mass is 10.1. The summed E-state index contributed by atoms with van der Waals surface area (Å²) in [6, 6.07) is 11.1. The Labute approximate surface area is 353 Å². The Morgan fingerprint density at radius 1 is 0.483 bits per heavy atom. The quantitative estimate of drug-likeness (QED) is 0.0500. The first kappa shape index (κ1) is 53.4. The van der Waals surface area contributed by atoms with Crippen molar-refractivity contribution in [2.75, 3.05) is 164 Å². The number of hydrogen-bond acceptors (Lipinski definition) is 15. The first-order valence-electron chi connectivity index (χ1n) is 20.3. The summed E-state index contributed by atoms with van der Waals surface area (Å²) in [6.07, 6.45) is -4.48. The summed E-state index contributed by atoms with van der Waals surface area (Å²) in [6.45, 7) is 17.0. The SMILES string of the molecule is C[Si](C)(C)OCCOCCOCCOCCOCCOCCOCCOCCOCCOCCOCCOCCOC(=O)c1ccccc1Nc1cccc(C(F)(F)F)c1. The molecular formula is C41H66F3NO14Si. The molecule has 15 nitrogen and oxygen atoms in total. The number of carbonyl (C=O) groups excluding carboxylic acids is 1. The molecule has 0 radical (unpaired) electrons. The van der Waals surface area contributed by atoms with E-state index in [0.717, 1.165) is 12.1 Å². The molecule has 1 N–H and O–H groups in total. The number of esters is 1. The van der Waals surface area contributed by atoms with Crippen LogP contribution in [0, 0.1) is 0 Å². The van der Waals surface area contributed by atoms with Crippen LogP contribution in [-0.2, 0) is 67.4 Å². The van der Waals surface area contributed by atoms with E-state index in [-0.39, 0.29) is 24.5 Å². The van der Waals surface area contributed by atoms with E-state index in [4.69, 9.17) is 61.3 Å². The highest BCUT2D eigenvalue weighted by Crippen LogP contribution is 2.32. The fourth-order valence-corrected chi connectivity index (χ4v) is 5.37. The zero-order chi connectivity index (χ0) is 43.4. The highest BCUT2D eigenvalue weighted by Gasteiger charge is 2.30. The third-order valence-corrected chi connectivity index (χ3v) is 8.63. The van der Waals surface area contributed by atoms with Gasteiger partial charge in [0.2, 0.25) is 0 Å². The summed E-state index contributed by atoms with van der Waals surface area (Å²) in [5.74, 6) is -0.630. The summed E-state index contributed by atoms with van der Waals surface area (Å²) in [5, 5.41) is 2.86. The molecule has 0 saturated heterocycles. The topological polar surface area (TPSA) is 149 Å². The van der Waals surface area contributed by atoms with Crippen LogP contribution >= 0.6 is 0 Å². The first-order valence-corrected chi connectivity index (χ1v) is 23.7. The standard InChI is InChI=1S/C41H66F3NO14Si/c1-60(2,3)59-34-32-57-30-28-55-26-24-53-22-20-51-18-16-49-14-12-47-11-13-48-15-17-50-19-21-52-23-25-54-27-29-56-31-33-58-40(46)38-9-4-5-10-39(38)45-37-8-6-7-36(35-37)41(42,43)44/h4-10,35,45H,11-34H2,1-3H3. The molecule has 0 unspecified atom stereocenters. The minimum absolute atomic E-state index is 0.00425. The van der Waals surface area contributed by atoms with Gasteiger partial charge in [-0.25, -0.2) is 4.79 Å². The van der Waals surface area contributed by atoms with Crippen molar-refractivity contribution in [1.82, 2.24) is 0 Å². The number of ether oxygens (including phenoxy) is 12. The van der Waals surface area contributed by atoms with E-state index in [9.17, 15) is 18.0 Å². The van der Waals surface area contributed by atoms with Gasteiger partial charge in [0.15, 0.2) is 8.32 Å². The predicted octanol–water partition coefficient (Wildman–Crippen LogP) is 5.64. The van der Waals surface area contributed by atoms with E-state index in [1.807, 2.05) is 0 Å². The van der Waals surface area contributed by atoms with Crippen LogP contribution in [0.3, 0.4) is 0 Å². The Bertz CT molecular complexity index is 1340. The summed E-state index contributed by atoms with van der Waals surface area (Å²) < 4.78 is 110. The molecule has 2 aromatic rings. The number of para-hydroxylation sites is 1. The highest BCUT2D eigenvalue weighted by atomic mass is 28.4. The van der Waals surface area contributed by atoms with Gasteiger partial charge in [-0.2, -0.15) is 13.2 Å². The van der Waals surface area contributed by atoms with Gasteiger partial charge in [-0.3, -0.25) is 0 Å². The van der Waals surface area contributed by atoms with Gasteiger partial charge in [-0.05, 0) is 50.0 Å². The smallest absolute Gasteiger partial charge is 0.416 e. The van der Waals surface area contributed by atoms with Crippen LogP contribution in [0.4, 0.5) is 24.5 Å². The van der Waals surface area contributed by atoms with Crippen molar-refractivity contribution in [3.8, 4) is 0 Å². The normalized spacial score (nSPS) is 12.0. The van der Waals surface area contributed by atoms with Gasteiger partial charge in [0.1, 0.15) is 6.61 Å². The molecule has 2 rings (SSSR count). The van der Waals surface area contributed by atoms with Crippen LogP contribution in [0.5, 0.6) is 0 Å². The molecule has 344 valence electrons. The van der Waals surface area contributed by atoms with Crippen molar-refractivity contribution >= 4 is 25.7 Å². The zero-order valence-electron chi connectivity index (χ0n) is 35.4. The van der Waals surface area contributed by atoms with Crippen molar-refractivity contribution in [3.63, 3.8) is 0 Å². The second-order valence-corrected chi connectivity index (χ2v) is 18.1. The lowest BCUT2D eigenvalue weighted by Gasteiger charge is -2.16. The lowest BCUT2D eigenvalue weighted by molar-refractivity contribution is -0.137. The van der Waals surface area contributed by atoms with E-state index in [2.05, 4.69) is 25.0 Å². The van der Waals surface area contributed by atoms with Crippen LogP contribution in [0.25, 0.3) is 0 Å². The van der Waals surface area contributed by atoms with E-state index in [1.165, 1.54) is 18.2 Å². The van der Waals surface area contributed by atoms with Crippen LogP contribution in [0.1, 0.15) is 15.9 Å².